The smallest absolute Gasteiger partial charge is 0.322 e. The number of rotatable bonds is 5. The van der Waals surface area contributed by atoms with Crippen molar-refractivity contribution in [2.24, 2.45) is 0 Å². The van der Waals surface area contributed by atoms with Gasteiger partial charge in [-0.1, -0.05) is 12.1 Å². The molecule has 0 unspecified atom stereocenters. The first-order chi connectivity index (χ1) is 9.17. The zero-order valence-electron chi connectivity index (χ0n) is 10.8. The number of carbonyl (C=O) groups excluding carboxylic acids is 1. The van der Waals surface area contributed by atoms with Gasteiger partial charge in [-0.2, -0.15) is 9.97 Å². The van der Waals surface area contributed by atoms with Crippen LogP contribution in [0.5, 0.6) is 0 Å². The van der Waals surface area contributed by atoms with Gasteiger partial charge < -0.3 is 14.3 Å². The van der Waals surface area contributed by atoms with Crippen LogP contribution in [0.4, 0.5) is 10.8 Å². The maximum absolute atomic E-state index is 11.5. The van der Waals surface area contributed by atoms with Crippen molar-refractivity contribution in [2.75, 3.05) is 11.9 Å². The van der Waals surface area contributed by atoms with Crippen LogP contribution in [-0.2, 0) is 12.8 Å². The minimum absolute atomic E-state index is 0.183. The summed E-state index contributed by atoms with van der Waals surface area (Å²) in [7, 11) is 0. The molecular weight excluding hydrogens is 250 g/mol. The molecule has 0 aliphatic carbocycles. The Bertz CT molecular complexity index is 548. The lowest BCUT2D eigenvalue weighted by Crippen LogP contribution is -2.30. The van der Waals surface area contributed by atoms with Crippen LogP contribution in [-0.4, -0.2) is 27.7 Å². The Labute approximate surface area is 109 Å². The number of oxazole rings is 1. The number of amides is 2. The Morgan fingerprint density at radius 1 is 1.42 bits per heavy atom. The Morgan fingerprint density at radius 3 is 2.89 bits per heavy atom. The monoisotopic (exact) mass is 265 g/mol. The van der Waals surface area contributed by atoms with Crippen molar-refractivity contribution in [3.8, 4) is 0 Å². The van der Waals surface area contributed by atoms with Gasteiger partial charge in [-0.15, -0.1) is 0 Å². The van der Waals surface area contributed by atoms with Crippen LogP contribution in [0.3, 0.4) is 0 Å². The van der Waals surface area contributed by atoms with E-state index in [0.717, 1.165) is 12.1 Å². The van der Waals surface area contributed by atoms with Crippen molar-refractivity contribution in [1.82, 2.24) is 20.4 Å². The minimum atomic E-state index is -0.388. The van der Waals surface area contributed by atoms with Gasteiger partial charge in [-0.3, -0.25) is 5.32 Å². The highest BCUT2D eigenvalue weighted by molar-refractivity contribution is 5.86. The van der Waals surface area contributed by atoms with Gasteiger partial charge >= 0.3 is 12.0 Å². The zero-order chi connectivity index (χ0) is 13.7. The molecule has 2 N–H and O–H groups in total. The number of hydrogen-bond acceptors (Lipinski definition) is 6. The van der Waals surface area contributed by atoms with Crippen LogP contribution >= 0.6 is 0 Å². The van der Waals surface area contributed by atoms with E-state index in [-0.39, 0.29) is 12.0 Å². The van der Waals surface area contributed by atoms with E-state index in [4.69, 9.17) is 8.94 Å². The van der Waals surface area contributed by atoms with Crippen LogP contribution in [0.2, 0.25) is 0 Å². The second-order valence-corrected chi connectivity index (χ2v) is 3.86. The maximum atomic E-state index is 11.5. The minimum Gasteiger partial charge on any atom is -0.432 e. The largest absolute Gasteiger partial charge is 0.432 e. The van der Waals surface area contributed by atoms with Gasteiger partial charge in [-0.25, -0.2) is 4.79 Å². The average Bonchev–Trinajstić information content (AvgIpc) is 2.98. The van der Waals surface area contributed by atoms with E-state index in [1.54, 1.807) is 6.92 Å². The van der Waals surface area contributed by atoms with Gasteiger partial charge in [0.1, 0.15) is 6.26 Å². The van der Waals surface area contributed by atoms with Crippen LogP contribution < -0.4 is 10.6 Å². The number of aromatic nitrogens is 3. The van der Waals surface area contributed by atoms with Crippen molar-refractivity contribution in [3.63, 3.8) is 0 Å². The third-order valence-electron chi connectivity index (χ3n) is 2.33. The van der Waals surface area contributed by atoms with Crippen molar-refractivity contribution in [3.05, 3.63) is 23.7 Å². The fourth-order valence-corrected chi connectivity index (χ4v) is 1.39. The highest BCUT2D eigenvalue weighted by Crippen LogP contribution is 2.07. The van der Waals surface area contributed by atoms with E-state index >= 15 is 0 Å². The molecule has 0 fully saturated rings. The van der Waals surface area contributed by atoms with Gasteiger partial charge in [0.25, 0.3) is 0 Å². The molecule has 8 heteroatoms. The summed E-state index contributed by atoms with van der Waals surface area (Å²) in [5.74, 6) is 1.06. The molecule has 0 aromatic carbocycles. The summed E-state index contributed by atoms with van der Waals surface area (Å²) < 4.78 is 9.99. The van der Waals surface area contributed by atoms with Crippen molar-refractivity contribution >= 4 is 12.0 Å². The topological polar surface area (TPSA) is 106 Å². The average molecular weight is 265 g/mol. The molecule has 102 valence electrons. The van der Waals surface area contributed by atoms with Crippen LogP contribution in [0.15, 0.2) is 15.2 Å². The molecule has 2 rings (SSSR count). The maximum Gasteiger partial charge on any atom is 0.322 e. The van der Waals surface area contributed by atoms with Gasteiger partial charge in [0.05, 0.1) is 5.69 Å². The highest BCUT2D eigenvalue weighted by atomic mass is 16.5. The molecule has 2 aromatic rings. The molecule has 2 heterocycles. The summed E-state index contributed by atoms with van der Waals surface area (Å²) in [6.45, 7) is 4.07. The number of anilines is 1. The summed E-state index contributed by atoms with van der Waals surface area (Å²) in [6.07, 6.45) is 2.74. The molecule has 2 aromatic heterocycles. The Morgan fingerprint density at radius 2 is 2.26 bits per heavy atom. The first-order valence-electron chi connectivity index (χ1n) is 5.96. The molecule has 0 bridgehead atoms. The van der Waals surface area contributed by atoms with Crippen LogP contribution in [0.1, 0.15) is 24.3 Å². The number of carbonyl (C=O) groups is 1. The third-order valence-corrected chi connectivity index (χ3v) is 2.33. The molecular formula is C11H15N5O3. The Balaban J connectivity index is 1.72. The van der Waals surface area contributed by atoms with Crippen LogP contribution in [0.25, 0.3) is 0 Å². The van der Waals surface area contributed by atoms with Gasteiger partial charge in [0.2, 0.25) is 5.89 Å². The molecule has 2 amide bonds. The predicted octanol–water partition coefficient (Wildman–Crippen LogP) is 1.29. The second-order valence-electron chi connectivity index (χ2n) is 3.86. The molecule has 19 heavy (non-hydrogen) atoms. The number of hydrogen-bond donors (Lipinski definition) is 2. The number of urea groups is 1. The lowest BCUT2D eigenvalue weighted by molar-refractivity contribution is 0.251. The van der Waals surface area contributed by atoms with E-state index in [9.17, 15) is 4.79 Å². The van der Waals surface area contributed by atoms with Gasteiger partial charge in [0.15, 0.2) is 5.82 Å². The van der Waals surface area contributed by atoms with Crippen molar-refractivity contribution in [1.29, 1.82) is 0 Å². The van der Waals surface area contributed by atoms with E-state index in [2.05, 4.69) is 25.8 Å². The van der Waals surface area contributed by atoms with Crippen molar-refractivity contribution in [2.45, 2.75) is 26.7 Å². The first-order valence-corrected chi connectivity index (χ1v) is 5.96. The fraction of sp³-hybridized carbons (Fsp3) is 0.455. The summed E-state index contributed by atoms with van der Waals surface area (Å²) in [5, 5.41) is 8.79. The molecule has 0 spiro atoms. The third kappa shape index (κ3) is 3.80. The molecule has 0 radical (unpaired) electrons. The van der Waals surface area contributed by atoms with E-state index < -0.39 is 0 Å². The van der Waals surface area contributed by atoms with E-state index in [0.29, 0.717) is 24.7 Å². The molecule has 8 nitrogen and oxygen atoms in total. The summed E-state index contributed by atoms with van der Waals surface area (Å²) >= 11 is 0. The molecule has 0 aliphatic heterocycles. The SMILES string of the molecule is CCc1coc(NC(=O)NCCc2nc(C)no2)n1. The second kappa shape index (κ2) is 5.98. The lowest BCUT2D eigenvalue weighted by atomic mass is 10.4. The first kappa shape index (κ1) is 13.1. The fourth-order valence-electron chi connectivity index (χ4n) is 1.39. The number of nitrogens with one attached hydrogen (secondary N) is 2. The van der Waals surface area contributed by atoms with Crippen LogP contribution in [0, 0.1) is 6.92 Å². The molecule has 0 saturated heterocycles. The summed E-state index contributed by atoms with van der Waals surface area (Å²) in [5.41, 5.74) is 0.789. The normalized spacial score (nSPS) is 10.4. The van der Waals surface area contributed by atoms with Gasteiger partial charge in [-0.05, 0) is 13.3 Å². The molecule has 0 saturated carbocycles. The molecule has 0 atom stereocenters. The number of aryl methyl sites for hydroxylation is 2. The predicted molar refractivity (Wildman–Crippen MR) is 65.6 cm³/mol. The standard InChI is InChI=1S/C11H15N5O3/c1-3-8-6-18-11(14-8)15-10(17)12-5-4-9-13-7(2)16-19-9/h6H,3-5H2,1-2H3,(H2,12,14,15,17). The zero-order valence-corrected chi connectivity index (χ0v) is 10.8. The van der Waals surface area contributed by atoms with E-state index in [1.165, 1.54) is 6.26 Å². The van der Waals surface area contributed by atoms with Crippen molar-refractivity contribution < 1.29 is 13.7 Å². The van der Waals surface area contributed by atoms with Gasteiger partial charge in [0, 0.05) is 13.0 Å². The number of nitrogens with zero attached hydrogens (tertiary/aromatic N) is 3. The Hall–Kier alpha value is -2.38. The molecule has 0 aliphatic rings. The quantitative estimate of drug-likeness (QED) is 0.843. The highest BCUT2D eigenvalue weighted by Gasteiger charge is 2.08. The van der Waals surface area contributed by atoms with E-state index in [1.807, 2.05) is 6.92 Å². The summed E-state index contributed by atoms with van der Waals surface area (Å²) in [6, 6.07) is -0.205. The summed E-state index contributed by atoms with van der Waals surface area (Å²) in [4.78, 5) is 19.6. The Kier molecular flexibility index (Phi) is 4.11. The lowest BCUT2D eigenvalue weighted by Gasteiger charge is -2.02.